The molecule has 0 spiro atoms. The molecule has 2 heterocycles. The molecule has 1 aromatic heterocycles. The lowest BCUT2D eigenvalue weighted by Gasteiger charge is -2.34. The van der Waals surface area contributed by atoms with Gasteiger partial charge in [-0.2, -0.15) is 0 Å². The van der Waals surface area contributed by atoms with E-state index in [1.54, 1.807) is 0 Å². The molecule has 4 nitrogen and oxygen atoms in total. The number of nitrogens with one attached hydrogen (secondary N) is 1. The normalized spacial score (nSPS) is 38.4. The van der Waals surface area contributed by atoms with Crippen molar-refractivity contribution >= 4 is 5.91 Å². The first-order valence-electron chi connectivity index (χ1n) is 8.26. The summed E-state index contributed by atoms with van der Waals surface area (Å²) in [6.07, 6.45) is 2.21. The van der Waals surface area contributed by atoms with Gasteiger partial charge in [0.25, 0.3) is 0 Å². The van der Waals surface area contributed by atoms with Crippen molar-refractivity contribution in [3.05, 3.63) is 23.7 Å². The van der Waals surface area contributed by atoms with Crippen LogP contribution in [0.15, 0.2) is 16.5 Å². The molecule has 0 radical (unpaired) electrons. The van der Waals surface area contributed by atoms with Crippen LogP contribution in [0.5, 0.6) is 0 Å². The van der Waals surface area contributed by atoms with Gasteiger partial charge in [0.2, 0.25) is 5.91 Å². The van der Waals surface area contributed by atoms with Gasteiger partial charge in [-0.25, -0.2) is 0 Å². The van der Waals surface area contributed by atoms with Crippen molar-refractivity contribution in [2.75, 3.05) is 19.6 Å². The zero-order valence-electron chi connectivity index (χ0n) is 12.8. The highest BCUT2D eigenvalue weighted by molar-refractivity contribution is 5.83. The van der Waals surface area contributed by atoms with Crippen molar-refractivity contribution in [2.24, 2.45) is 11.8 Å². The van der Waals surface area contributed by atoms with Crippen molar-refractivity contribution in [3.63, 3.8) is 0 Å². The third-order valence-electron chi connectivity index (χ3n) is 5.38. The number of carbonyl (C=O) groups is 1. The summed E-state index contributed by atoms with van der Waals surface area (Å²) >= 11 is 0. The van der Waals surface area contributed by atoms with E-state index in [4.69, 9.17) is 4.42 Å². The molecule has 0 bridgehead atoms. The Hall–Kier alpha value is -1.29. The zero-order chi connectivity index (χ0) is 14.6. The summed E-state index contributed by atoms with van der Waals surface area (Å²) in [5.74, 6) is 4.36. The van der Waals surface area contributed by atoms with Crippen LogP contribution in [0.3, 0.4) is 0 Å². The number of amides is 1. The van der Waals surface area contributed by atoms with Crippen LogP contribution in [0.4, 0.5) is 0 Å². The smallest absolute Gasteiger partial charge is 0.226 e. The maximum absolute atomic E-state index is 12.6. The van der Waals surface area contributed by atoms with Crippen LogP contribution in [-0.2, 0) is 4.79 Å². The summed E-state index contributed by atoms with van der Waals surface area (Å²) in [5, 5.41) is 3.34. The van der Waals surface area contributed by atoms with E-state index in [1.807, 2.05) is 4.90 Å². The molecule has 1 saturated heterocycles. The number of nitrogens with zero attached hydrogens (tertiary/aromatic N) is 1. The third kappa shape index (κ3) is 2.39. The Morgan fingerprint density at radius 3 is 2.62 bits per heavy atom. The summed E-state index contributed by atoms with van der Waals surface area (Å²) in [7, 11) is 0. The molecule has 3 aliphatic rings. The standard InChI is InChI=1S/C17H24N2O2/c1-10-7-12(10)15-3-4-16(21-15)13-8-14(13)17(20)19-6-5-18-9-11(19)2/h3-4,10-14,18H,5-9H2,1-2H3/t10?,11-,12?,13?,14?/m0/s1. The largest absolute Gasteiger partial charge is 0.465 e. The van der Waals surface area contributed by atoms with E-state index in [2.05, 4.69) is 31.3 Å². The first-order chi connectivity index (χ1) is 10.1. The molecule has 1 aliphatic heterocycles. The minimum absolute atomic E-state index is 0.154. The Morgan fingerprint density at radius 1 is 1.24 bits per heavy atom. The fourth-order valence-corrected chi connectivity index (χ4v) is 3.65. The molecule has 21 heavy (non-hydrogen) atoms. The van der Waals surface area contributed by atoms with Gasteiger partial charge in [-0.1, -0.05) is 6.92 Å². The molecule has 1 N–H and O–H groups in total. The van der Waals surface area contributed by atoms with E-state index in [0.29, 0.717) is 23.8 Å². The maximum atomic E-state index is 12.6. The molecule has 1 amide bonds. The second-order valence-corrected chi connectivity index (χ2v) is 7.09. The van der Waals surface area contributed by atoms with Gasteiger partial charge in [-0.3, -0.25) is 4.79 Å². The fourth-order valence-electron chi connectivity index (χ4n) is 3.65. The van der Waals surface area contributed by atoms with Gasteiger partial charge in [0, 0.05) is 43.4 Å². The Bertz CT molecular complexity index is 553. The van der Waals surface area contributed by atoms with Gasteiger partial charge in [-0.15, -0.1) is 0 Å². The molecule has 1 aromatic rings. The predicted molar refractivity (Wildman–Crippen MR) is 80.1 cm³/mol. The van der Waals surface area contributed by atoms with Crippen molar-refractivity contribution in [3.8, 4) is 0 Å². The Balaban J connectivity index is 1.40. The second-order valence-electron chi connectivity index (χ2n) is 7.09. The van der Waals surface area contributed by atoms with Gasteiger partial charge in [0.15, 0.2) is 0 Å². The number of furan rings is 1. The van der Waals surface area contributed by atoms with Crippen molar-refractivity contribution in [1.82, 2.24) is 10.2 Å². The first kappa shape index (κ1) is 13.4. The van der Waals surface area contributed by atoms with E-state index in [-0.39, 0.29) is 5.92 Å². The fraction of sp³-hybridized carbons (Fsp3) is 0.706. The first-order valence-corrected chi connectivity index (χ1v) is 8.26. The molecule has 5 atom stereocenters. The van der Waals surface area contributed by atoms with E-state index >= 15 is 0 Å². The minimum Gasteiger partial charge on any atom is -0.465 e. The molecule has 4 rings (SSSR count). The van der Waals surface area contributed by atoms with E-state index in [1.165, 1.54) is 6.42 Å². The monoisotopic (exact) mass is 288 g/mol. The van der Waals surface area contributed by atoms with Crippen molar-refractivity contribution in [1.29, 1.82) is 0 Å². The molecule has 4 heteroatoms. The summed E-state index contributed by atoms with van der Waals surface area (Å²) in [4.78, 5) is 14.7. The Kier molecular flexibility index (Phi) is 3.10. The summed E-state index contributed by atoms with van der Waals surface area (Å²) in [6.45, 7) is 7.06. The average Bonchev–Trinajstić information content (AvgIpc) is 3.38. The maximum Gasteiger partial charge on any atom is 0.226 e. The van der Waals surface area contributed by atoms with Gasteiger partial charge >= 0.3 is 0 Å². The van der Waals surface area contributed by atoms with Gasteiger partial charge in [-0.05, 0) is 37.8 Å². The Morgan fingerprint density at radius 2 is 1.95 bits per heavy atom. The van der Waals surface area contributed by atoms with Crippen molar-refractivity contribution in [2.45, 2.75) is 44.6 Å². The zero-order valence-corrected chi connectivity index (χ0v) is 12.8. The quantitative estimate of drug-likeness (QED) is 0.928. The predicted octanol–water partition coefficient (Wildman–Crippen LogP) is 2.33. The third-order valence-corrected chi connectivity index (χ3v) is 5.38. The molecule has 0 aromatic carbocycles. The highest BCUT2D eigenvalue weighted by Gasteiger charge is 2.49. The van der Waals surface area contributed by atoms with Crippen LogP contribution >= 0.6 is 0 Å². The molecule has 3 fully saturated rings. The SMILES string of the molecule is CC1CC1c1ccc(C2CC2C(=O)N2CCNC[C@@H]2C)o1. The van der Waals surface area contributed by atoms with Crippen LogP contribution < -0.4 is 5.32 Å². The summed E-state index contributed by atoms with van der Waals surface area (Å²) in [5.41, 5.74) is 0. The molecular weight excluding hydrogens is 264 g/mol. The van der Waals surface area contributed by atoms with E-state index < -0.39 is 0 Å². The average molecular weight is 288 g/mol. The van der Waals surface area contributed by atoms with Crippen molar-refractivity contribution < 1.29 is 9.21 Å². The van der Waals surface area contributed by atoms with Gasteiger partial charge in [0.1, 0.15) is 11.5 Å². The highest BCUT2D eigenvalue weighted by atomic mass is 16.3. The molecular formula is C17H24N2O2. The van der Waals surface area contributed by atoms with E-state index in [0.717, 1.165) is 43.5 Å². The Labute approximate surface area is 125 Å². The highest BCUT2D eigenvalue weighted by Crippen LogP contribution is 2.52. The lowest BCUT2D eigenvalue weighted by Crippen LogP contribution is -2.52. The van der Waals surface area contributed by atoms with Gasteiger partial charge < -0.3 is 14.6 Å². The van der Waals surface area contributed by atoms with E-state index in [9.17, 15) is 4.79 Å². The lowest BCUT2D eigenvalue weighted by atomic mass is 10.1. The minimum atomic E-state index is 0.154. The van der Waals surface area contributed by atoms with Gasteiger partial charge in [0.05, 0.1) is 0 Å². The lowest BCUT2D eigenvalue weighted by molar-refractivity contribution is -0.135. The van der Waals surface area contributed by atoms with Crippen LogP contribution in [-0.4, -0.2) is 36.5 Å². The molecule has 114 valence electrons. The topological polar surface area (TPSA) is 45.5 Å². The number of rotatable bonds is 3. The molecule has 2 aliphatic carbocycles. The summed E-state index contributed by atoms with van der Waals surface area (Å²) in [6, 6.07) is 4.53. The summed E-state index contributed by atoms with van der Waals surface area (Å²) < 4.78 is 6.01. The number of carbonyl (C=O) groups excluding carboxylic acids is 1. The second kappa shape index (κ2) is 4.87. The van der Waals surface area contributed by atoms with Crippen LogP contribution in [0.1, 0.15) is 50.0 Å². The number of hydrogen-bond acceptors (Lipinski definition) is 3. The van der Waals surface area contributed by atoms with Crippen LogP contribution in [0.25, 0.3) is 0 Å². The van der Waals surface area contributed by atoms with Crippen LogP contribution in [0, 0.1) is 11.8 Å². The number of hydrogen-bond donors (Lipinski definition) is 1. The number of piperazine rings is 1. The van der Waals surface area contributed by atoms with Crippen LogP contribution in [0.2, 0.25) is 0 Å². The molecule has 4 unspecified atom stereocenters. The molecule has 2 saturated carbocycles.